The maximum absolute atomic E-state index is 11.8. The lowest BCUT2D eigenvalue weighted by molar-refractivity contribution is -0.121. The average Bonchev–Trinajstić information content (AvgIpc) is 2.46. The number of rotatable bonds is 6. The third-order valence-electron chi connectivity index (χ3n) is 4.26. The number of hydrogen-bond acceptors (Lipinski definition) is 2. The lowest BCUT2D eigenvalue weighted by Gasteiger charge is -2.22. The quantitative estimate of drug-likeness (QED) is 0.572. The van der Waals surface area contributed by atoms with Crippen molar-refractivity contribution in [2.45, 2.75) is 70.3 Å². The summed E-state index contributed by atoms with van der Waals surface area (Å²) in [4.78, 5) is 11.8. The second-order valence-corrected chi connectivity index (χ2v) is 5.94. The maximum atomic E-state index is 11.8. The van der Waals surface area contributed by atoms with Crippen LogP contribution in [0, 0.1) is 0 Å². The van der Waals surface area contributed by atoms with Crippen LogP contribution in [0.2, 0.25) is 0 Å². The Bertz CT molecular complexity index is 306. The molecule has 0 aromatic heterocycles. The fraction of sp³-hybridized carbons (Fsp3) is 0.812. The van der Waals surface area contributed by atoms with Crippen LogP contribution in [0.1, 0.15) is 64.2 Å². The van der Waals surface area contributed by atoms with Gasteiger partial charge in [0.2, 0.25) is 5.91 Å². The van der Waals surface area contributed by atoms with E-state index in [4.69, 9.17) is 0 Å². The number of carbonyl (C=O) groups excluding carboxylic acids is 1. The van der Waals surface area contributed by atoms with Crippen molar-refractivity contribution < 1.29 is 4.79 Å². The van der Waals surface area contributed by atoms with Crippen LogP contribution < -0.4 is 10.6 Å². The molecule has 1 saturated carbocycles. The van der Waals surface area contributed by atoms with Crippen LogP contribution >= 0.6 is 0 Å². The molecule has 1 amide bonds. The third kappa shape index (κ3) is 5.77. The van der Waals surface area contributed by atoms with Crippen LogP contribution in [-0.2, 0) is 4.79 Å². The summed E-state index contributed by atoms with van der Waals surface area (Å²) < 4.78 is 0. The Morgan fingerprint density at radius 2 is 2.00 bits per heavy atom. The van der Waals surface area contributed by atoms with E-state index in [0.29, 0.717) is 12.6 Å². The van der Waals surface area contributed by atoms with Gasteiger partial charge in [-0.2, -0.15) is 0 Å². The second-order valence-electron chi connectivity index (χ2n) is 5.94. The number of hydrogen-bond donors (Lipinski definition) is 2. The minimum atomic E-state index is 0.171. The molecule has 0 heterocycles. The van der Waals surface area contributed by atoms with Gasteiger partial charge in [0, 0.05) is 6.04 Å². The van der Waals surface area contributed by atoms with Crippen molar-refractivity contribution in [3.8, 4) is 0 Å². The van der Waals surface area contributed by atoms with Gasteiger partial charge in [-0.3, -0.25) is 4.79 Å². The summed E-state index contributed by atoms with van der Waals surface area (Å²) in [6, 6.07) is 0.434. The minimum absolute atomic E-state index is 0.171. The average molecular weight is 264 g/mol. The lowest BCUT2D eigenvalue weighted by Crippen LogP contribution is -2.41. The van der Waals surface area contributed by atoms with E-state index in [1.165, 1.54) is 57.8 Å². The summed E-state index contributed by atoms with van der Waals surface area (Å²) in [6.45, 7) is 1.41. The molecule has 0 aromatic rings. The third-order valence-corrected chi connectivity index (χ3v) is 4.26. The maximum Gasteiger partial charge on any atom is 0.234 e. The van der Waals surface area contributed by atoms with Crippen LogP contribution in [0.5, 0.6) is 0 Å². The van der Waals surface area contributed by atoms with Crippen LogP contribution in [0.4, 0.5) is 0 Å². The molecule has 2 aliphatic carbocycles. The first-order valence-corrected chi connectivity index (χ1v) is 8.02. The molecule has 19 heavy (non-hydrogen) atoms. The highest BCUT2D eigenvalue weighted by atomic mass is 16.1. The Morgan fingerprint density at radius 1 is 1.16 bits per heavy atom. The molecule has 3 nitrogen and oxygen atoms in total. The molecule has 0 spiro atoms. The molecular formula is C16H28N2O. The fourth-order valence-electron chi connectivity index (χ4n) is 3.11. The first-order chi connectivity index (χ1) is 9.34. The molecule has 2 rings (SSSR count). The van der Waals surface area contributed by atoms with Crippen molar-refractivity contribution in [1.82, 2.24) is 10.6 Å². The van der Waals surface area contributed by atoms with E-state index >= 15 is 0 Å². The smallest absolute Gasteiger partial charge is 0.234 e. The Labute approximate surface area is 117 Å². The van der Waals surface area contributed by atoms with Crippen molar-refractivity contribution in [3.05, 3.63) is 11.6 Å². The summed E-state index contributed by atoms with van der Waals surface area (Å²) in [5.74, 6) is 0.171. The highest BCUT2D eigenvalue weighted by molar-refractivity contribution is 5.78. The predicted molar refractivity (Wildman–Crippen MR) is 79.1 cm³/mol. The van der Waals surface area contributed by atoms with Gasteiger partial charge in [-0.15, -0.1) is 0 Å². The van der Waals surface area contributed by atoms with Crippen molar-refractivity contribution in [1.29, 1.82) is 0 Å². The molecule has 3 heteroatoms. The molecule has 108 valence electrons. The van der Waals surface area contributed by atoms with E-state index in [0.717, 1.165) is 13.0 Å². The molecule has 2 N–H and O–H groups in total. The number of amides is 1. The van der Waals surface area contributed by atoms with Crippen molar-refractivity contribution in [2.24, 2.45) is 0 Å². The molecule has 2 aliphatic rings. The summed E-state index contributed by atoms with van der Waals surface area (Å²) in [7, 11) is 0. The molecule has 0 atom stereocenters. The van der Waals surface area contributed by atoms with Gasteiger partial charge in [0.25, 0.3) is 0 Å². The van der Waals surface area contributed by atoms with Crippen molar-refractivity contribution in [3.63, 3.8) is 0 Å². The number of allylic oxidation sites excluding steroid dienone is 1. The molecule has 0 radical (unpaired) electrons. The first-order valence-electron chi connectivity index (χ1n) is 8.02. The Balaban J connectivity index is 1.52. The van der Waals surface area contributed by atoms with Gasteiger partial charge in [0.15, 0.2) is 0 Å². The molecule has 0 bridgehead atoms. The van der Waals surface area contributed by atoms with Crippen LogP contribution in [0.3, 0.4) is 0 Å². The van der Waals surface area contributed by atoms with E-state index < -0.39 is 0 Å². The summed E-state index contributed by atoms with van der Waals surface area (Å²) in [6.07, 6.45) is 14.9. The van der Waals surface area contributed by atoms with Gasteiger partial charge in [-0.05, 0) is 51.5 Å². The molecule has 0 aromatic carbocycles. The molecule has 1 fully saturated rings. The van der Waals surface area contributed by atoms with Crippen LogP contribution in [0.15, 0.2) is 11.6 Å². The highest BCUT2D eigenvalue weighted by Crippen LogP contribution is 2.19. The monoisotopic (exact) mass is 264 g/mol. The summed E-state index contributed by atoms with van der Waals surface area (Å²) in [5.41, 5.74) is 1.58. The lowest BCUT2D eigenvalue weighted by atomic mass is 9.95. The molecular weight excluding hydrogens is 236 g/mol. The van der Waals surface area contributed by atoms with Gasteiger partial charge in [-0.1, -0.05) is 30.9 Å². The largest absolute Gasteiger partial charge is 0.352 e. The van der Waals surface area contributed by atoms with Gasteiger partial charge >= 0.3 is 0 Å². The number of nitrogens with one attached hydrogen (secondary N) is 2. The topological polar surface area (TPSA) is 41.1 Å². The van der Waals surface area contributed by atoms with E-state index in [1.54, 1.807) is 5.57 Å². The number of carbonyl (C=O) groups is 1. The SMILES string of the molecule is O=C(CNCCC1=CCCCC1)NC1CCCCC1. The fourth-order valence-corrected chi connectivity index (χ4v) is 3.11. The highest BCUT2D eigenvalue weighted by Gasteiger charge is 2.15. The van der Waals surface area contributed by atoms with Crippen molar-refractivity contribution >= 4 is 5.91 Å². The molecule has 0 aliphatic heterocycles. The zero-order chi connectivity index (χ0) is 13.3. The Kier molecular flexibility index (Phi) is 6.42. The van der Waals surface area contributed by atoms with Crippen molar-refractivity contribution in [2.75, 3.05) is 13.1 Å². The second kappa shape index (κ2) is 8.36. The van der Waals surface area contributed by atoms with Crippen LogP contribution in [-0.4, -0.2) is 25.0 Å². The Morgan fingerprint density at radius 3 is 2.74 bits per heavy atom. The summed E-state index contributed by atoms with van der Waals surface area (Å²) in [5, 5.41) is 6.41. The van der Waals surface area contributed by atoms with Gasteiger partial charge in [0.05, 0.1) is 6.54 Å². The van der Waals surface area contributed by atoms with E-state index in [9.17, 15) is 4.79 Å². The van der Waals surface area contributed by atoms with Gasteiger partial charge < -0.3 is 10.6 Å². The zero-order valence-electron chi connectivity index (χ0n) is 12.0. The summed E-state index contributed by atoms with van der Waals surface area (Å²) >= 11 is 0. The standard InChI is InChI=1S/C16H28N2O/c19-16(18-15-9-5-2-6-10-15)13-17-12-11-14-7-3-1-4-8-14/h7,15,17H,1-6,8-13H2,(H,18,19). The van der Waals surface area contributed by atoms with E-state index in [1.807, 2.05) is 0 Å². The van der Waals surface area contributed by atoms with Gasteiger partial charge in [-0.25, -0.2) is 0 Å². The minimum Gasteiger partial charge on any atom is -0.352 e. The van der Waals surface area contributed by atoms with E-state index in [2.05, 4.69) is 16.7 Å². The Hall–Kier alpha value is -0.830. The van der Waals surface area contributed by atoms with Crippen LogP contribution in [0.25, 0.3) is 0 Å². The predicted octanol–water partition coefficient (Wildman–Crippen LogP) is 2.92. The first kappa shape index (κ1) is 14.6. The molecule has 0 saturated heterocycles. The zero-order valence-corrected chi connectivity index (χ0v) is 12.0. The van der Waals surface area contributed by atoms with Gasteiger partial charge in [0.1, 0.15) is 0 Å². The van der Waals surface area contributed by atoms with E-state index in [-0.39, 0.29) is 5.91 Å². The molecule has 0 unspecified atom stereocenters. The normalized spacial score (nSPS) is 20.9.